The maximum absolute atomic E-state index is 5.88. The van der Waals surface area contributed by atoms with E-state index < -0.39 is 0 Å². The molecule has 0 amide bonds. The molecule has 18 heavy (non-hydrogen) atoms. The molecular weight excluding hydrogens is 230 g/mol. The Kier molecular flexibility index (Phi) is 3.41. The lowest BCUT2D eigenvalue weighted by atomic mass is 10.0. The van der Waals surface area contributed by atoms with Gasteiger partial charge in [-0.3, -0.25) is 4.90 Å². The van der Waals surface area contributed by atoms with E-state index in [4.69, 9.17) is 13.9 Å². The molecular formula is C14H21NO3. The molecule has 3 rings (SSSR count). The lowest BCUT2D eigenvalue weighted by Crippen LogP contribution is -2.41. The van der Waals surface area contributed by atoms with Crippen molar-refractivity contribution >= 4 is 0 Å². The highest BCUT2D eigenvalue weighted by molar-refractivity contribution is 5.07. The van der Waals surface area contributed by atoms with Crippen molar-refractivity contribution in [3.05, 3.63) is 23.7 Å². The Balaban J connectivity index is 1.72. The third kappa shape index (κ3) is 2.20. The van der Waals surface area contributed by atoms with Crippen molar-refractivity contribution in [3.63, 3.8) is 0 Å². The molecule has 0 bridgehead atoms. The summed E-state index contributed by atoms with van der Waals surface area (Å²) in [5.41, 5.74) is 0. The molecule has 2 aliphatic rings. The van der Waals surface area contributed by atoms with Crippen molar-refractivity contribution in [1.29, 1.82) is 0 Å². The topological polar surface area (TPSA) is 34.8 Å². The molecule has 0 spiro atoms. The van der Waals surface area contributed by atoms with Crippen molar-refractivity contribution in [1.82, 2.24) is 4.90 Å². The molecule has 100 valence electrons. The number of hydrogen-bond donors (Lipinski definition) is 0. The summed E-state index contributed by atoms with van der Waals surface area (Å²) in [6, 6.07) is 4.57. The van der Waals surface area contributed by atoms with Crippen LogP contribution in [0.3, 0.4) is 0 Å². The Morgan fingerprint density at radius 3 is 3.06 bits per heavy atom. The highest BCUT2D eigenvalue weighted by Crippen LogP contribution is 2.31. The maximum atomic E-state index is 5.88. The van der Waals surface area contributed by atoms with Gasteiger partial charge in [0, 0.05) is 26.3 Å². The number of methoxy groups -OCH3 is 1. The number of aryl methyl sites for hydroxylation is 1. The van der Waals surface area contributed by atoms with Crippen LogP contribution in [0.5, 0.6) is 0 Å². The van der Waals surface area contributed by atoms with Gasteiger partial charge in [-0.15, -0.1) is 0 Å². The fraction of sp³-hybridized carbons (Fsp3) is 0.714. The van der Waals surface area contributed by atoms with Gasteiger partial charge in [0.25, 0.3) is 0 Å². The Morgan fingerprint density at radius 1 is 1.44 bits per heavy atom. The summed E-state index contributed by atoms with van der Waals surface area (Å²) in [6.45, 7) is 4.65. The summed E-state index contributed by atoms with van der Waals surface area (Å²) >= 11 is 0. The average Bonchev–Trinajstić information content (AvgIpc) is 2.95. The molecule has 1 aromatic heterocycles. The second-order valence-corrected chi connectivity index (χ2v) is 5.26. The first-order valence-corrected chi connectivity index (χ1v) is 6.71. The minimum atomic E-state index is 0.200. The third-order valence-corrected chi connectivity index (χ3v) is 4.04. The van der Waals surface area contributed by atoms with Crippen LogP contribution in [0.15, 0.2) is 16.5 Å². The van der Waals surface area contributed by atoms with Gasteiger partial charge in [0.2, 0.25) is 0 Å². The van der Waals surface area contributed by atoms with Crippen molar-refractivity contribution in [3.8, 4) is 0 Å². The molecule has 0 aromatic carbocycles. The van der Waals surface area contributed by atoms with Crippen LogP contribution in [0.4, 0.5) is 0 Å². The molecule has 0 aliphatic carbocycles. The zero-order valence-corrected chi connectivity index (χ0v) is 11.1. The molecule has 1 aromatic rings. The van der Waals surface area contributed by atoms with Gasteiger partial charge >= 0.3 is 0 Å². The number of hydrogen-bond acceptors (Lipinski definition) is 4. The first kappa shape index (κ1) is 12.2. The lowest BCUT2D eigenvalue weighted by Gasteiger charge is -2.31. The van der Waals surface area contributed by atoms with Crippen molar-refractivity contribution < 1.29 is 13.9 Å². The van der Waals surface area contributed by atoms with Crippen LogP contribution >= 0.6 is 0 Å². The van der Waals surface area contributed by atoms with Gasteiger partial charge in [0.15, 0.2) is 0 Å². The summed E-state index contributed by atoms with van der Waals surface area (Å²) in [5.74, 6) is 2.01. The standard InChI is InChI=1S/C14H21NO3/c1-10-5-6-11(18-10)8-15-9-13(16-2)14-12(15)4-3-7-17-14/h5-6,12-14H,3-4,7-9H2,1-2H3/t12-,13+,14+/m0/s1. The molecule has 3 heterocycles. The van der Waals surface area contributed by atoms with Crippen molar-refractivity contribution in [2.75, 3.05) is 20.3 Å². The fourth-order valence-electron chi connectivity index (χ4n) is 3.16. The lowest BCUT2D eigenvalue weighted by molar-refractivity contribution is -0.0657. The molecule has 4 heteroatoms. The summed E-state index contributed by atoms with van der Waals surface area (Å²) in [6.07, 6.45) is 2.78. The number of furan rings is 1. The van der Waals surface area contributed by atoms with Crippen LogP contribution in [0.25, 0.3) is 0 Å². The van der Waals surface area contributed by atoms with E-state index in [9.17, 15) is 0 Å². The maximum Gasteiger partial charge on any atom is 0.118 e. The largest absolute Gasteiger partial charge is 0.465 e. The van der Waals surface area contributed by atoms with Crippen LogP contribution in [-0.4, -0.2) is 43.4 Å². The van der Waals surface area contributed by atoms with Gasteiger partial charge in [-0.05, 0) is 31.9 Å². The fourth-order valence-corrected chi connectivity index (χ4v) is 3.16. The first-order chi connectivity index (χ1) is 8.78. The highest BCUT2D eigenvalue weighted by Gasteiger charge is 2.44. The zero-order chi connectivity index (χ0) is 12.5. The highest BCUT2D eigenvalue weighted by atomic mass is 16.5. The Hall–Kier alpha value is -0.840. The predicted octanol–water partition coefficient (Wildman–Crippen LogP) is 1.97. The molecule has 0 N–H and O–H groups in total. The monoisotopic (exact) mass is 251 g/mol. The van der Waals surface area contributed by atoms with E-state index in [1.807, 2.05) is 13.0 Å². The molecule has 2 fully saturated rings. The second-order valence-electron chi connectivity index (χ2n) is 5.26. The minimum Gasteiger partial charge on any atom is -0.465 e. The second kappa shape index (κ2) is 5.03. The van der Waals surface area contributed by atoms with E-state index in [-0.39, 0.29) is 12.2 Å². The van der Waals surface area contributed by atoms with E-state index in [0.29, 0.717) is 6.04 Å². The van der Waals surface area contributed by atoms with Crippen LogP contribution in [-0.2, 0) is 16.0 Å². The molecule has 0 radical (unpaired) electrons. The molecule has 0 saturated carbocycles. The van der Waals surface area contributed by atoms with Gasteiger partial charge < -0.3 is 13.9 Å². The van der Waals surface area contributed by atoms with E-state index in [1.54, 1.807) is 7.11 Å². The minimum absolute atomic E-state index is 0.200. The van der Waals surface area contributed by atoms with Gasteiger partial charge in [-0.2, -0.15) is 0 Å². The summed E-state index contributed by atoms with van der Waals surface area (Å²) in [4.78, 5) is 2.44. The Bertz CT molecular complexity index is 403. The molecule has 0 unspecified atom stereocenters. The normalized spacial score (nSPS) is 32.7. The van der Waals surface area contributed by atoms with Gasteiger partial charge in [-0.25, -0.2) is 0 Å². The van der Waals surface area contributed by atoms with E-state index in [2.05, 4.69) is 11.0 Å². The summed E-state index contributed by atoms with van der Waals surface area (Å²) in [5, 5.41) is 0. The van der Waals surface area contributed by atoms with Crippen LogP contribution in [0, 0.1) is 6.92 Å². The number of nitrogens with zero attached hydrogens (tertiary/aromatic N) is 1. The van der Waals surface area contributed by atoms with E-state index >= 15 is 0 Å². The average molecular weight is 251 g/mol. The quantitative estimate of drug-likeness (QED) is 0.822. The van der Waals surface area contributed by atoms with Crippen LogP contribution in [0.2, 0.25) is 0 Å². The zero-order valence-electron chi connectivity index (χ0n) is 11.1. The number of likely N-dealkylation sites (tertiary alicyclic amines) is 1. The Labute approximate surface area is 108 Å². The SMILES string of the molecule is CO[C@@H]1CN(Cc2ccc(C)o2)[C@H]2CCCO[C@@H]12. The first-order valence-electron chi connectivity index (χ1n) is 6.71. The van der Waals surface area contributed by atoms with E-state index in [1.165, 1.54) is 6.42 Å². The Morgan fingerprint density at radius 2 is 2.33 bits per heavy atom. The molecule has 4 nitrogen and oxygen atoms in total. The molecule has 3 atom stereocenters. The van der Waals surface area contributed by atoms with Gasteiger partial charge in [0.05, 0.1) is 12.6 Å². The molecule has 2 aliphatic heterocycles. The number of rotatable bonds is 3. The third-order valence-electron chi connectivity index (χ3n) is 4.04. The molecule has 2 saturated heterocycles. The van der Waals surface area contributed by atoms with Gasteiger partial charge in [0.1, 0.15) is 17.6 Å². The predicted molar refractivity (Wildman–Crippen MR) is 67.4 cm³/mol. The summed E-state index contributed by atoms with van der Waals surface area (Å²) < 4.78 is 17.1. The van der Waals surface area contributed by atoms with Crippen LogP contribution in [0.1, 0.15) is 24.4 Å². The van der Waals surface area contributed by atoms with Gasteiger partial charge in [-0.1, -0.05) is 0 Å². The van der Waals surface area contributed by atoms with Crippen LogP contribution < -0.4 is 0 Å². The number of fused-ring (bicyclic) bond motifs is 1. The summed E-state index contributed by atoms with van der Waals surface area (Å²) in [7, 11) is 1.78. The van der Waals surface area contributed by atoms with Crippen molar-refractivity contribution in [2.24, 2.45) is 0 Å². The number of ether oxygens (including phenoxy) is 2. The van der Waals surface area contributed by atoms with Crippen molar-refractivity contribution in [2.45, 2.75) is 44.6 Å². The smallest absolute Gasteiger partial charge is 0.118 e. The van der Waals surface area contributed by atoms with E-state index in [0.717, 1.165) is 37.6 Å².